The number of aromatic nitrogens is 1. The van der Waals surface area contributed by atoms with Crippen molar-refractivity contribution in [3.63, 3.8) is 0 Å². The van der Waals surface area contributed by atoms with Gasteiger partial charge in [0.05, 0.1) is 0 Å². The molecule has 0 amide bonds. The van der Waals surface area contributed by atoms with Gasteiger partial charge >= 0.3 is 0 Å². The van der Waals surface area contributed by atoms with Gasteiger partial charge in [0, 0.05) is 16.6 Å². The lowest BCUT2D eigenvalue weighted by Gasteiger charge is -2.35. The summed E-state index contributed by atoms with van der Waals surface area (Å²) in [6.07, 6.45) is 10.8. The first-order chi connectivity index (χ1) is 9.28. The molecule has 4 rings (SSSR count). The first kappa shape index (κ1) is 11.6. The number of nitrogens with one attached hydrogen (secondary N) is 1. The van der Waals surface area contributed by atoms with Crippen LogP contribution in [0.1, 0.15) is 62.3 Å². The number of H-pyrrole nitrogens is 1. The predicted molar refractivity (Wildman–Crippen MR) is 80.8 cm³/mol. The summed E-state index contributed by atoms with van der Waals surface area (Å²) in [4.78, 5) is 3.67. The van der Waals surface area contributed by atoms with Crippen LogP contribution in [-0.4, -0.2) is 4.98 Å². The fourth-order valence-electron chi connectivity index (χ4n) is 4.41. The molecule has 1 heterocycles. The molecule has 1 N–H and O–H groups in total. The smallest absolute Gasteiger partial charge is 0.0461 e. The molecule has 1 nitrogen and oxygen atoms in total. The molecule has 19 heavy (non-hydrogen) atoms. The molecule has 0 saturated heterocycles. The van der Waals surface area contributed by atoms with Gasteiger partial charge in [0.25, 0.3) is 0 Å². The van der Waals surface area contributed by atoms with Gasteiger partial charge in [0.15, 0.2) is 0 Å². The zero-order chi connectivity index (χ0) is 12.9. The highest BCUT2D eigenvalue weighted by Gasteiger charge is 2.32. The lowest BCUT2D eigenvalue weighted by molar-refractivity contribution is 0.322. The second-order valence-corrected chi connectivity index (χ2v) is 6.79. The maximum absolute atomic E-state index is 3.67. The summed E-state index contributed by atoms with van der Waals surface area (Å²) < 4.78 is 0. The number of aromatic amines is 1. The summed E-state index contributed by atoms with van der Waals surface area (Å²) in [7, 11) is 0. The van der Waals surface area contributed by atoms with Gasteiger partial charge < -0.3 is 4.98 Å². The minimum absolute atomic E-state index is 0.413. The van der Waals surface area contributed by atoms with E-state index in [9.17, 15) is 0 Å². The number of hydrogen-bond acceptors (Lipinski definition) is 0. The summed E-state index contributed by atoms with van der Waals surface area (Å²) >= 11 is 0. The van der Waals surface area contributed by atoms with Crippen LogP contribution < -0.4 is 0 Å². The number of rotatable bonds is 1. The predicted octanol–water partition coefficient (Wildman–Crippen LogP) is 4.88. The van der Waals surface area contributed by atoms with Crippen molar-refractivity contribution in [3.05, 3.63) is 35.0 Å². The molecule has 0 radical (unpaired) electrons. The van der Waals surface area contributed by atoms with Crippen molar-refractivity contribution in [3.8, 4) is 0 Å². The number of aryl methyl sites for hydroxylation is 2. The largest absolute Gasteiger partial charge is 0.358 e. The third-order valence-electron chi connectivity index (χ3n) is 5.48. The summed E-state index contributed by atoms with van der Waals surface area (Å²) in [6.45, 7) is 2.50. The van der Waals surface area contributed by atoms with Gasteiger partial charge in [-0.25, -0.2) is 0 Å². The van der Waals surface area contributed by atoms with E-state index in [2.05, 4.69) is 30.1 Å². The molecule has 1 aromatic carbocycles. The van der Waals surface area contributed by atoms with Crippen LogP contribution in [0, 0.1) is 0 Å². The third-order valence-corrected chi connectivity index (χ3v) is 5.48. The fraction of sp³-hybridized carbons (Fsp3) is 0.556. The molecule has 0 bridgehead atoms. The van der Waals surface area contributed by atoms with Crippen molar-refractivity contribution in [1.82, 2.24) is 4.98 Å². The van der Waals surface area contributed by atoms with Crippen LogP contribution in [0.15, 0.2) is 18.2 Å². The van der Waals surface area contributed by atoms with Gasteiger partial charge in [-0.15, -0.1) is 0 Å². The first-order valence-electron chi connectivity index (χ1n) is 7.91. The van der Waals surface area contributed by atoms with E-state index in [0.29, 0.717) is 5.41 Å². The quantitative estimate of drug-likeness (QED) is 0.745. The van der Waals surface area contributed by atoms with Crippen LogP contribution >= 0.6 is 0 Å². The summed E-state index contributed by atoms with van der Waals surface area (Å²) in [6, 6.07) is 6.92. The van der Waals surface area contributed by atoms with Crippen LogP contribution in [0.5, 0.6) is 0 Å². The SMILES string of the molecule is CC1(c2cccc3[nH]c4c(c23)CCC4)CCCCC1. The van der Waals surface area contributed by atoms with Gasteiger partial charge in [-0.3, -0.25) is 0 Å². The number of benzene rings is 1. The van der Waals surface area contributed by atoms with Crippen molar-refractivity contribution < 1.29 is 0 Å². The zero-order valence-electron chi connectivity index (χ0n) is 11.9. The maximum Gasteiger partial charge on any atom is 0.0461 e. The normalized spacial score (nSPS) is 21.7. The number of hydrogen-bond donors (Lipinski definition) is 1. The highest BCUT2D eigenvalue weighted by atomic mass is 14.7. The molecule has 1 heteroatoms. The topological polar surface area (TPSA) is 15.8 Å². The van der Waals surface area contributed by atoms with E-state index in [1.807, 2.05) is 0 Å². The van der Waals surface area contributed by atoms with Crippen molar-refractivity contribution in [1.29, 1.82) is 0 Å². The second kappa shape index (κ2) is 4.13. The molecule has 0 unspecified atom stereocenters. The van der Waals surface area contributed by atoms with Crippen molar-refractivity contribution in [2.75, 3.05) is 0 Å². The Morgan fingerprint density at radius 2 is 1.84 bits per heavy atom. The lowest BCUT2D eigenvalue weighted by atomic mass is 9.70. The second-order valence-electron chi connectivity index (χ2n) is 6.79. The Morgan fingerprint density at radius 1 is 1.00 bits per heavy atom. The summed E-state index contributed by atoms with van der Waals surface area (Å²) in [5, 5.41) is 1.58. The molecule has 2 aliphatic rings. The van der Waals surface area contributed by atoms with E-state index >= 15 is 0 Å². The van der Waals surface area contributed by atoms with Crippen molar-refractivity contribution in [2.45, 2.75) is 63.7 Å². The first-order valence-corrected chi connectivity index (χ1v) is 7.91. The fourth-order valence-corrected chi connectivity index (χ4v) is 4.41. The molecule has 0 spiro atoms. The van der Waals surface area contributed by atoms with Crippen LogP contribution in [0.4, 0.5) is 0 Å². The summed E-state index contributed by atoms with van der Waals surface area (Å²) in [5.41, 5.74) is 6.58. The highest BCUT2D eigenvalue weighted by Crippen LogP contribution is 2.44. The molecule has 1 fully saturated rings. The average Bonchev–Trinajstić information content (AvgIpc) is 2.99. The van der Waals surface area contributed by atoms with E-state index in [-0.39, 0.29) is 0 Å². The summed E-state index contributed by atoms with van der Waals surface area (Å²) in [5.74, 6) is 0. The monoisotopic (exact) mass is 253 g/mol. The Morgan fingerprint density at radius 3 is 2.68 bits per heavy atom. The molecular formula is C18H23N. The van der Waals surface area contributed by atoms with Gasteiger partial charge in [-0.1, -0.05) is 38.3 Å². The van der Waals surface area contributed by atoms with E-state index in [0.717, 1.165) is 0 Å². The Kier molecular flexibility index (Phi) is 2.51. The van der Waals surface area contributed by atoms with Gasteiger partial charge in [-0.05, 0) is 54.7 Å². The highest BCUT2D eigenvalue weighted by molar-refractivity contribution is 5.89. The van der Waals surface area contributed by atoms with Crippen LogP contribution in [0.25, 0.3) is 10.9 Å². The number of fused-ring (bicyclic) bond motifs is 3. The molecule has 100 valence electrons. The molecular weight excluding hydrogens is 230 g/mol. The molecule has 2 aromatic rings. The van der Waals surface area contributed by atoms with Gasteiger partial charge in [-0.2, -0.15) is 0 Å². The Bertz CT molecular complexity index is 614. The Balaban J connectivity index is 1.94. The van der Waals surface area contributed by atoms with Crippen LogP contribution in [-0.2, 0) is 18.3 Å². The van der Waals surface area contributed by atoms with E-state index in [1.165, 1.54) is 62.6 Å². The van der Waals surface area contributed by atoms with E-state index in [4.69, 9.17) is 0 Å². The Labute approximate surface area is 115 Å². The standard InChI is InChI=1S/C18H23N/c1-18(11-3-2-4-12-18)14-8-6-10-16-17(14)13-7-5-9-15(13)19-16/h6,8,10,19H,2-5,7,9,11-12H2,1H3. The molecule has 0 aliphatic heterocycles. The van der Waals surface area contributed by atoms with Crippen LogP contribution in [0.2, 0.25) is 0 Å². The van der Waals surface area contributed by atoms with Crippen molar-refractivity contribution in [2.24, 2.45) is 0 Å². The molecule has 1 saturated carbocycles. The van der Waals surface area contributed by atoms with E-state index < -0.39 is 0 Å². The molecule has 0 atom stereocenters. The minimum atomic E-state index is 0.413. The van der Waals surface area contributed by atoms with Crippen molar-refractivity contribution >= 4 is 10.9 Å². The van der Waals surface area contributed by atoms with E-state index in [1.54, 1.807) is 16.5 Å². The van der Waals surface area contributed by atoms with Gasteiger partial charge in [0.1, 0.15) is 0 Å². The maximum atomic E-state index is 3.67. The molecule has 2 aliphatic carbocycles. The lowest BCUT2D eigenvalue weighted by Crippen LogP contribution is -2.25. The minimum Gasteiger partial charge on any atom is -0.358 e. The Hall–Kier alpha value is -1.24. The average molecular weight is 253 g/mol. The van der Waals surface area contributed by atoms with Crippen LogP contribution in [0.3, 0.4) is 0 Å². The third kappa shape index (κ3) is 1.67. The molecule has 1 aromatic heterocycles. The van der Waals surface area contributed by atoms with Gasteiger partial charge in [0.2, 0.25) is 0 Å². The zero-order valence-corrected chi connectivity index (χ0v) is 11.9.